The van der Waals surface area contributed by atoms with Gasteiger partial charge in [0.15, 0.2) is 0 Å². The number of carboxylic acid groups (broad SMARTS) is 1. The number of amides is 3. The van der Waals surface area contributed by atoms with Gasteiger partial charge in [0.05, 0.1) is 11.6 Å². The maximum atomic E-state index is 11.8. The van der Waals surface area contributed by atoms with Crippen molar-refractivity contribution in [1.29, 1.82) is 0 Å². The number of rotatable bonds is 3. The second kappa shape index (κ2) is 5.60. The van der Waals surface area contributed by atoms with E-state index in [0.29, 0.717) is 17.8 Å². The third-order valence-corrected chi connectivity index (χ3v) is 3.13. The maximum Gasteiger partial charge on any atom is 0.336 e. The Morgan fingerprint density at radius 2 is 2.15 bits per heavy atom. The minimum absolute atomic E-state index is 0.0978. The molecule has 1 heterocycles. The van der Waals surface area contributed by atoms with Gasteiger partial charge in [-0.1, -0.05) is 6.07 Å². The molecule has 1 aliphatic heterocycles. The molecule has 0 bridgehead atoms. The van der Waals surface area contributed by atoms with Gasteiger partial charge >= 0.3 is 12.0 Å². The highest BCUT2D eigenvalue weighted by Crippen LogP contribution is 2.18. The molecule has 1 aromatic carbocycles. The number of urea groups is 1. The van der Waals surface area contributed by atoms with Gasteiger partial charge in [-0.2, -0.15) is 0 Å². The number of benzene rings is 1. The largest absolute Gasteiger partial charge is 0.478 e. The van der Waals surface area contributed by atoms with Gasteiger partial charge in [-0.05, 0) is 24.6 Å². The van der Waals surface area contributed by atoms with Crippen LogP contribution >= 0.6 is 0 Å². The number of aromatic carboxylic acids is 1. The van der Waals surface area contributed by atoms with Gasteiger partial charge < -0.3 is 21.1 Å². The zero-order valence-corrected chi connectivity index (χ0v) is 10.9. The van der Waals surface area contributed by atoms with Crippen LogP contribution in [-0.4, -0.2) is 35.6 Å². The van der Waals surface area contributed by atoms with Crippen molar-refractivity contribution in [1.82, 2.24) is 10.6 Å². The van der Waals surface area contributed by atoms with Crippen molar-refractivity contribution in [2.24, 2.45) is 0 Å². The molecule has 106 valence electrons. The van der Waals surface area contributed by atoms with Gasteiger partial charge in [0.25, 0.3) is 0 Å². The molecule has 1 unspecified atom stereocenters. The number of hydrogen-bond acceptors (Lipinski definition) is 3. The highest BCUT2D eigenvalue weighted by Gasteiger charge is 2.23. The molecule has 0 aromatic heterocycles. The first-order chi connectivity index (χ1) is 9.47. The quantitative estimate of drug-likeness (QED) is 0.652. The van der Waals surface area contributed by atoms with Gasteiger partial charge in [-0.3, -0.25) is 4.79 Å². The standard InChI is InChI=1S/C13H15N3O4/c1-7-9(12(18)19)3-2-4-10(7)16-13(20)15-8-5-11(17)14-6-8/h2-4,8H,5-6H2,1H3,(H,14,17)(H,18,19)(H2,15,16,20). The molecule has 0 saturated carbocycles. The summed E-state index contributed by atoms with van der Waals surface area (Å²) >= 11 is 0. The number of carbonyl (C=O) groups excluding carboxylic acids is 2. The van der Waals surface area contributed by atoms with Crippen LogP contribution in [0.15, 0.2) is 18.2 Å². The number of carbonyl (C=O) groups is 3. The third-order valence-electron chi connectivity index (χ3n) is 3.13. The van der Waals surface area contributed by atoms with Gasteiger partial charge in [-0.25, -0.2) is 9.59 Å². The smallest absolute Gasteiger partial charge is 0.336 e. The van der Waals surface area contributed by atoms with Crippen LogP contribution in [0.25, 0.3) is 0 Å². The Kier molecular flexibility index (Phi) is 3.88. The van der Waals surface area contributed by atoms with Crippen LogP contribution in [-0.2, 0) is 4.79 Å². The maximum absolute atomic E-state index is 11.8. The topological polar surface area (TPSA) is 108 Å². The second-order valence-corrected chi connectivity index (χ2v) is 4.59. The summed E-state index contributed by atoms with van der Waals surface area (Å²) in [5, 5.41) is 16.9. The van der Waals surface area contributed by atoms with Crippen LogP contribution in [0.2, 0.25) is 0 Å². The van der Waals surface area contributed by atoms with Crippen molar-refractivity contribution < 1.29 is 19.5 Å². The van der Waals surface area contributed by atoms with E-state index < -0.39 is 12.0 Å². The van der Waals surface area contributed by atoms with E-state index in [1.54, 1.807) is 19.1 Å². The van der Waals surface area contributed by atoms with Crippen LogP contribution < -0.4 is 16.0 Å². The van der Waals surface area contributed by atoms with Crippen LogP contribution in [0.4, 0.5) is 10.5 Å². The Balaban J connectivity index is 2.03. The molecule has 1 aliphatic rings. The molecule has 0 spiro atoms. The van der Waals surface area contributed by atoms with Crippen LogP contribution in [0.3, 0.4) is 0 Å². The first-order valence-electron chi connectivity index (χ1n) is 6.14. The van der Waals surface area contributed by atoms with E-state index in [1.807, 2.05) is 0 Å². The fraction of sp³-hybridized carbons (Fsp3) is 0.308. The lowest BCUT2D eigenvalue weighted by Crippen LogP contribution is -2.39. The summed E-state index contributed by atoms with van der Waals surface area (Å²) in [5.74, 6) is -1.14. The highest BCUT2D eigenvalue weighted by molar-refractivity contribution is 5.95. The Morgan fingerprint density at radius 1 is 1.40 bits per heavy atom. The van der Waals surface area contributed by atoms with Gasteiger partial charge in [0, 0.05) is 18.7 Å². The Morgan fingerprint density at radius 3 is 2.75 bits per heavy atom. The van der Waals surface area contributed by atoms with Crippen molar-refractivity contribution in [3.63, 3.8) is 0 Å². The van der Waals surface area contributed by atoms with Gasteiger partial charge in [0.1, 0.15) is 0 Å². The molecule has 2 rings (SSSR count). The van der Waals surface area contributed by atoms with Crippen molar-refractivity contribution in [3.8, 4) is 0 Å². The second-order valence-electron chi connectivity index (χ2n) is 4.59. The molecular formula is C13H15N3O4. The molecule has 0 radical (unpaired) electrons. The minimum Gasteiger partial charge on any atom is -0.478 e. The predicted molar refractivity (Wildman–Crippen MR) is 71.7 cm³/mol. The number of carboxylic acids is 1. The van der Waals surface area contributed by atoms with Gasteiger partial charge in [-0.15, -0.1) is 0 Å². The fourth-order valence-electron chi connectivity index (χ4n) is 2.05. The van der Waals surface area contributed by atoms with E-state index in [2.05, 4.69) is 16.0 Å². The molecule has 1 atom stereocenters. The van der Waals surface area contributed by atoms with Crippen molar-refractivity contribution in [3.05, 3.63) is 29.3 Å². The predicted octanol–water partition coefficient (Wildman–Crippen LogP) is 0.703. The minimum atomic E-state index is -1.04. The molecule has 1 aromatic rings. The molecule has 1 saturated heterocycles. The summed E-state index contributed by atoms with van der Waals surface area (Å²) in [5.41, 5.74) is 1.05. The van der Waals surface area contributed by atoms with E-state index in [4.69, 9.17) is 5.11 Å². The number of nitrogens with one attached hydrogen (secondary N) is 3. The summed E-state index contributed by atoms with van der Waals surface area (Å²) < 4.78 is 0. The van der Waals surface area contributed by atoms with Crippen LogP contribution in [0.1, 0.15) is 22.3 Å². The normalized spacial score (nSPS) is 17.4. The summed E-state index contributed by atoms with van der Waals surface area (Å²) in [6.45, 7) is 2.03. The van der Waals surface area contributed by atoms with E-state index in [0.717, 1.165) is 0 Å². The van der Waals surface area contributed by atoms with E-state index in [9.17, 15) is 14.4 Å². The van der Waals surface area contributed by atoms with E-state index in [-0.39, 0.29) is 23.9 Å². The highest BCUT2D eigenvalue weighted by atomic mass is 16.4. The van der Waals surface area contributed by atoms with Crippen LogP contribution in [0, 0.1) is 6.92 Å². The lowest BCUT2D eigenvalue weighted by atomic mass is 10.1. The van der Waals surface area contributed by atoms with Gasteiger partial charge in [0.2, 0.25) is 5.91 Å². The zero-order valence-electron chi connectivity index (χ0n) is 10.9. The fourth-order valence-corrected chi connectivity index (χ4v) is 2.05. The Labute approximate surface area is 115 Å². The van der Waals surface area contributed by atoms with Crippen molar-refractivity contribution >= 4 is 23.6 Å². The van der Waals surface area contributed by atoms with Crippen molar-refractivity contribution in [2.75, 3.05) is 11.9 Å². The molecule has 0 aliphatic carbocycles. The molecule has 7 heteroatoms. The van der Waals surface area contributed by atoms with Crippen molar-refractivity contribution in [2.45, 2.75) is 19.4 Å². The lowest BCUT2D eigenvalue weighted by Gasteiger charge is -2.14. The molecular weight excluding hydrogens is 262 g/mol. The molecule has 1 fully saturated rings. The molecule has 3 amide bonds. The summed E-state index contributed by atoms with van der Waals surface area (Å²) in [4.78, 5) is 33.8. The average Bonchev–Trinajstić information content (AvgIpc) is 2.77. The van der Waals surface area contributed by atoms with E-state index in [1.165, 1.54) is 6.07 Å². The average molecular weight is 277 g/mol. The Hall–Kier alpha value is -2.57. The van der Waals surface area contributed by atoms with E-state index >= 15 is 0 Å². The Bertz CT molecular complexity index is 571. The SMILES string of the molecule is Cc1c(NC(=O)NC2CNC(=O)C2)cccc1C(=O)O. The third kappa shape index (κ3) is 3.05. The van der Waals surface area contributed by atoms with Crippen LogP contribution in [0.5, 0.6) is 0 Å². The summed E-state index contributed by atoms with van der Waals surface area (Å²) in [6.07, 6.45) is 0.252. The molecule has 7 nitrogen and oxygen atoms in total. The zero-order chi connectivity index (χ0) is 14.7. The lowest BCUT2D eigenvalue weighted by molar-refractivity contribution is -0.119. The monoisotopic (exact) mass is 277 g/mol. The number of hydrogen-bond donors (Lipinski definition) is 4. The molecule has 4 N–H and O–H groups in total. The first kappa shape index (κ1) is 13.9. The first-order valence-corrected chi connectivity index (χ1v) is 6.14. The summed E-state index contributed by atoms with van der Waals surface area (Å²) in [6, 6.07) is 3.95. The summed E-state index contributed by atoms with van der Waals surface area (Å²) in [7, 11) is 0. The molecule has 20 heavy (non-hydrogen) atoms. The number of anilines is 1.